The second kappa shape index (κ2) is 4.82. The number of carbonyl (C=O) groups excluding carboxylic acids is 2. The molecule has 85 valence electrons. The minimum absolute atomic E-state index is 0.101. The molecule has 0 aromatic heterocycles. The summed E-state index contributed by atoms with van der Waals surface area (Å²) in [6.45, 7) is 0.613. The molecule has 1 aliphatic heterocycles. The first-order chi connectivity index (χ1) is 7.74. The van der Waals surface area contributed by atoms with Gasteiger partial charge in [0.2, 0.25) is 5.91 Å². The molecule has 2 fully saturated rings. The average Bonchev–Trinajstić information content (AvgIpc) is 2.97. The lowest BCUT2D eigenvalue weighted by Gasteiger charge is -2.25. The van der Waals surface area contributed by atoms with E-state index in [-0.39, 0.29) is 11.8 Å². The molecule has 1 heterocycles. The number of nitrogens with two attached hydrogens (primary N) is 1. The first-order valence-electron chi connectivity index (χ1n) is 5.27. The van der Waals surface area contributed by atoms with Gasteiger partial charge in [-0.15, -0.1) is 0 Å². The van der Waals surface area contributed by atoms with Crippen molar-refractivity contribution in [2.24, 2.45) is 5.84 Å². The SMILES string of the molecule is NNC(=O)[C@@H]1CCCN1C(=O)[C]1[CH][CH][CH][CH]1. The predicted octanol–water partition coefficient (Wildman–Crippen LogP) is -0.627. The van der Waals surface area contributed by atoms with Gasteiger partial charge in [0.1, 0.15) is 6.04 Å². The molecule has 2 amide bonds. The van der Waals surface area contributed by atoms with Gasteiger partial charge in [-0.1, -0.05) is 0 Å². The number of nitrogens with zero attached hydrogens (tertiary/aromatic N) is 1. The van der Waals surface area contributed by atoms with Crippen LogP contribution in [-0.4, -0.2) is 29.3 Å². The van der Waals surface area contributed by atoms with Crippen LogP contribution in [0.25, 0.3) is 0 Å². The van der Waals surface area contributed by atoms with Crippen LogP contribution in [-0.2, 0) is 9.59 Å². The van der Waals surface area contributed by atoms with Crippen LogP contribution < -0.4 is 11.3 Å². The van der Waals surface area contributed by atoms with Crippen LogP contribution >= 0.6 is 0 Å². The highest BCUT2D eigenvalue weighted by atomic mass is 16.2. The highest BCUT2D eigenvalue weighted by Crippen LogP contribution is 2.28. The summed E-state index contributed by atoms with van der Waals surface area (Å²) < 4.78 is 0. The molecule has 2 aliphatic rings. The molecular formula is C11H14N3O2. The maximum atomic E-state index is 12.0. The summed E-state index contributed by atoms with van der Waals surface area (Å²) in [7, 11) is 0. The van der Waals surface area contributed by atoms with Crippen molar-refractivity contribution in [1.82, 2.24) is 10.3 Å². The van der Waals surface area contributed by atoms with Crippen LogP contribution in [0, 0.1) is 31.6 Å². The zero-order valence-corrected chi connectivity index (χ0v) is 8.85. The lowest BCUT2D eigenvalue weighted by Crippen LogP contribution is -2.49. The second-order valence-corrected chi connectivity index (χ2v) is 3.84. The third-order valence-corrected chi connectivity index (χ3v) is 2.87. The van der Waals surface area contributed by atoms with Crippen LogP contribution in [0.1, 0.15) is 12.8 Å². The van der Waals surface area contributed by atoms with Crippen molar-refractivity contribution >= 4 is 11.8 Å². The second-order valence-electron chi connectivity index (χ2n) is 3.84. The smallest absolute Gasteiger partial charge is 0.256 e. The van der Waals surface area contributed by atoms with E-state index in [1.54, 1.807) is 30.6 Å². The van der Waals surface area contributed by atoms with Crippen LogP contribution in [0.4, 0.5) is 0 Å². The molecule has 0 spiro atoms. The predicted molar refractivity (Wildman–Crippen MR) is 57.5 cm³/mol. The zero-order chi connectivity index (χ0) is 11.5. The van der Waals surface area contributed by atoms with Gasteiger partial charge in [-0.2, -0.15) is 0 Å². The Kier molecular flexibility index (Phi) is 3.43. The van der Waals surface area contributed by atoms with E-state index in [1.165, 1.54) is 0 Å². The number of carbonyl (C=O) groups is 2. The highest BCUT2D eigenvalue weighted by Gasteiger charge is 2.38. The third kappa shape index (κ3) is 2.04. The molecule has 0 aromatic rings. The number of hydrogen-bond acceptors (Lipinski definition) is 3. The van der Waals surface area contributed by atoms with Crippen molar-refractivity contribution in [1.29, 1.82) is 0 Å². The molecule has 0 bridgehead atoms. The topological polar surface area (TPSA) is 75.4 Å². The van der Waals surface area contributed by atoms with E-state index in [2.05, 4.69) is 5.43 Å². The molecular weight excluding hydrogens is 206 g/mol. The summed E-state index contributed by atoms with van der Waals surface area (Å²) >= 11 is 0. The van der Waals surface area contributed by atoms with E-state index >= 15 is 0 Å². The third-order valence-electron chi connectivity index (χ3n) is 2.87. The van der Waals surface area contributed by atoms with Crippen molar-refractivity contribution in [2.45, 2.75) is 18.9 Å². The summed E-state index contributed by atoms with van der Waals surface area (Å²) in [6.07, 6.45) is 8.62. The average molecular weight is 220 g/mol. The lowest BCUT2D eigenvalue weighted by atomic mass is 10.1. The van der Waals surface area contributed by atoms with Crippen LogP contribution in [0.5, 0.6) is 0 Å². The molecule has 1 atom stereocenters. The molecule has 3 N–H and O–H groups in total. The minimum atomic E-state index is -0.424. The van der Waals surface area contributed by atoms with Gasteiger partial charge in [0.15, 0.2) is 0 Å². The van der Waals surface area contributed by atoms with E-state index in [9.17, 15) is 9.59 Å². The van der Waals surface area contributed by atoms with E-state index in [0.29, 0.717) is 18.9 Å². The Morgan fingerprint density at radius 3 is 2.69 bits per heavy atom. The Bertz CT molecular complexity index is 287. The number of nitrogens with one attached hydrogen (secondary N) is 1. The normalized spacial score (nSPS) is 26.1. The van der Waals surface area contributed by atoms with E-state index < -0.39 is 6.04 Å². The molecule has 5 radical (unpaired) electrons. The standard InChI is InChI=1S/C11H14N3O2/c12-13-10(15)9-6-3-7-14(9)11(16)8-4-1-2-5-8/h1-2,4-5,9H,3,6-7,12H2,(H,13,15)/t9-/m0/s1. The number of amides is 2. The molecule has 0 unspecified atom stereocenters. The summed E-state index contributed by atoms with van der Waals surface area (Å²) in [6, 6.07) is -0.424. The van der Waals surface area contributed by atoms with Gasteiger partial charge in [0, 0.05) is 6.54 Å². The zero-order valence-electron chi connectivity index (χ0n) is 8.85. The van der Waals surface area contributed by atoms with Gasteiger partial charge in [-0.05, 0) is 38.5 Å². The number of rotatable bonds is 2. The van der Waals surface area contributed by atoms with E-state index in [0.717, 1.165) is 6.42 Å². The summed E-state index contributed by atoms with van der Waals surface area (Å²) in [5, 5.41) is 0. The highest BCUT2D eigenvalue weighted by molar-refractivity contribution is 5.99. The number of likely N-dealkylation sites (tertiary alicyclic amines) is 1. The van der Waals surface area contributed by atoms with E-state index in [4.69, 9.17) is 5.84 Å². The largest absolute Gasteiger partial charge is 0.330 e. The fourth-order valence-corrected chi connectivity index (χ4v) is 2.06. The van der Waals surface area contributed by atoms with Gasteiger partial charge < -0.3 is 4.90 Å². The van der Waals surface area contributed by atoms with Crippen molar-refractivity contribution in [3.05, 3.63) is 31.6 Å². The summed E-state index contributed by atoms with van der Waals surface area (Å²) in [5.74, 6) is 5.32. The Hall–Kier alpha value is -1.10. The summed E-state index contributed by atoms with van der Waals surface area (Å²) in [4.78, 5) is 25.1. The Labute approximate surface area is 95.3 Å². The van der Waals surface area contributed by atoms with Gasteiger partial charge in [0.25, 0.3) is 5.91 Å². The first kappa shape index (κ1) is 11.4. The van der Waals surface area contributed by atoms with E-state index in [1.807, 2.05) is 0 Å². The minimum Gasteiger partial charge on any atom is -0.330 e. The molecule has 5 nitrogen and oxygen atoms in total. The van der Waals surface area contributed by atoms with Gasteiger partial charge >= 0.3 is 0 Å². The lowest BCUT2D eigenvalue weighted by molar-refractivity contribution is -0.136. The van der Waals surface area contributed by atoms with Crippen molar-refractivity contribution in [2.75, 3.05) is 6.54 Å². The van der Waals surface area contributed by atoms with Crippen LogP contribution in [0.3, 0.4) is 0 Å². The van der Waals surface area contributed by atoms with Crippen molar-refractivity contribution < 1.29 is 9.59 Å². The fourth-order valence-electron chi connectivity index (χ4n) is 2.06. The Morgan fingerprint density at radius 2 is 2.06 bits per heavy atom. The molecule has 16 heavy (non-hydrogen) atoms. The Balaban J connectivity index is 2.01. The molecule has 0 aromatic carbocycles. The first-order valence-corrected chi connectivity index (χ1v) is 5.27. The molecule has 1 aliphatic carbocycles. The molecule has 1 saturated heterocycles. The maximum Gasteiger partial charge on any atom is 0.256 e. The van der Waals surface area contributed by atoms with Crippen molar-refractivity contribution in [3.8, 4) is 0 Å². The van der Waals surface area contributed by atoms with Crippen LogP contribution in [0.2, 0.25) is 0 Å². The monoisotopic (exact) mass is 220 g/mol. The quantitative estimate of drug-likeness (QED) is 0.370. The van der Waals surface area contributed by atoms with Gasteiger partial charge in [-0.3, -0.25) is 15.0 Å². The van der Waals surface area contributed by atoms with Crippen LogP contribution in [0.15, 0.2) is 0 Å². The summed E-state index contributed by atoms with van der Waals surface area (Å²) in [5.41, 5.74) is 2.10. The van der Waals surface area contributed by atoms with Gasteiger partial charge in [0.05, 0.1) is 5.92 Å². The molecule has 1 saturated carbocycles. The number of hydrogen-bond donors (Lipinski definition) is 2. The fraction of sp³-hybridized carbons (Fsp3) is 0.364. The Morgan fingerprint density at radius 1 is 1.38 bits per heavy atom. The molecule has 5 heteroatoms. The number of hydrazine groups is 1. The van der Waals surface area contributed by atoms with Crippen molar-refractivity contribution in [3.63, 3.8) is 0 Å². The van der Waals surface area contributed by atoms with Gasteiger partial charge in [-0.25, -0.2) is 5.84 Å². The molecule has 2 rings (SSSR count). The maximum absolute atomic E-state index is 12.0.